The molecule has 1 unspecified atom stereocenters. The first-order chi connectivity index (χ1) is 8.29. The molecule has 17 heavy (non-hydrogen) atoms. The lowest BCUT2D eigenvalue weighted by molar-refractivity contribution is 0.320. The van der Waals surface area contributed by atoms with Crippen molar-refractivity contribution in [2.75, 3.05) is 11.9 Å². The molecular formula is C13H22N4. The fraction of sp³-hybridized carbons (Fsp3) is 0.692. The Bertz CT molecular complexity index is 330. The average molecular weight is 234 g/mol. The fourth-order valence-corrected chi connectivity index (χ4v) is 2.57. The number of rotatable bonds is 4. The van der Waals surface area contributed by atoms with Crippen LogP contribution in [-0.2, 0) is 0 Å². The van der Waals surface area contributed by atoms with Crippen molar-refractivity contribution in [3.63, 3.8) is 0 Å². The van der Waals surface area contributed by atoms with Crippen LogP contribution >= 0.6 is 0 Å². The zero-order chi connectivity index (χ0) is 12.1. The summed E-state index contributed by atoms with van der Waals surface area (Å²) >= 11 is 0. The molecule has 2 rings (SSSR count). The largest absolute Gasteiger partial charge is 0.364 e. The molecule has 0 aliphatic heterocycles. The summed E-state index contributed by atoms with van der Waals surface area (Å²) in [4.78, 5) is 0. The van der Waals surface area contributed by atoms with Crippen molar-refractivity contribution in [2.24, 2.45) is 11.7 Å². The highest BCUT2D eigenvalue weighted by atomic mass is 15.2. The van der Waals surface area contributed by atoms with Crippen molar-refractivity contribution in [3.8, 4) is 0 Å². The molecule has 4 heteroatoms. The Hall–Kier alpha value is -1.16. The van der Waals surface area contributed by atoms with E-state index < -0.39 is 0 Å². The zero-order valence-corrected chi connectivity index (χ0v) is 10.5. The molecule has 0 bridgehead atoms. The lowest BCUT2D eigenvalue weighted by Gasteiger charge is -2.30. The summed E-state index contributed by atoms with van der Waals surface area (Å²) in [6, 6.07) is 4.30. The normalized spacial score (nSPS) is 18.9. The van der Waals surface area contributed by atoms with Crippen LogP contribution in [0.25, 0.3) is 0 Å². The fourth-order valence-electron chi connectivity index (χ4n) is 2.57. The molecule has 1 fully saturated rings. The number of nitrogens with two attached hydrogens (primary N) is 1. The minimum absolute atomic E-state index is 0.340. The molecule has 1 atom stereocenters. The van der Waals surface area contributed by atoms with E-state index in [-0.39, 0.29) is 0 Å². The highest BCUT2D eigenvalue weighted by Crippen LogP contribution is 2.27. The summed E-state index contributed by atoms with van der Waals surface area (Å²) in [5.74, 6) is 1.54. The summed E-state index contributed by atoms with van der Waals surface area (Å²) in [6.45, 7) is 2.61. The molecule has 1 aliphatic carbocycles. The van der Waals surface area contributed by atoms with Gasteiger partial charge in [-0.05, 0) is 37.8 Å². The number of hydrogen-bond donors (Lipinski definition) is 2. The van der Waals surface area contributed by atoms with E-state index in [4.69, 9.17) is 5.73 Å². The molecule has 4 nitrogen and oxygen atoms in total. The number of nitrogens with one attached hydrogen (secondary N) is 1. The average Bonchev–Trinajstić information content (AvgIpc) is 2.39. The first-order valence-corrected chi connectivity index (χ1v) is 6.56. The van der Waals surface area contributed by atoms with Crippen molar-refractivity contribution < 1.29 is 0 Å². The standard InChI is InChI=1S/C13H22N4/c1-10-7-8-13(17-16-10)15-12(9-14)11-5-3-2-4-6-11/h7-8,11-12H,2-6,9,14H2,1H3,(H,15,17). The first kappa shape index (κ1) is 12.3. The summed E-state index contributed by atoms with van der Waals surface area (Å²) < 4.78 is 0. The first-order valence-electron chi connectivity index (χ1n) is 6.56. The van der Waals surface area contributed by atoms with Gasteiger partial charge in [-0.2, -0.15) is 5.10 Å². The van der Waals surface area contributed by atoms with E-state index >= 15 is 0 Å². The lowest BCUT2D eigenvalue weighted by atomic mass is 9.84. The molecule has 0 saturated heterocycles. The Balaban J connectivity index is 1.96. The topological polar surface area (TPSA) is 63.8 Å². The molecule has 1 saturated carbocycles. The summed E-state index contributed by atoms with van der Waals surface area (Å²) in [5, 5.41) is 11.6. The molecule has 1 aromatic rings. The van der Waals surface area contributed by atoms with Crippen molar-refractivity contribution in [1.29, 1.82) is 0 Å². The van der Waals surface area contributed by atoms with E-state index in [1.165, 1.54) is 32.1 Å². The Labute approximate surface area is 103 Å². The van der Waals surface area contributed by atoms with Gasteiger partial charge in [0.25, 0.3) is 0 Å². The third-order valence-electron chi connectivity index (χ3n) is 3.60. The van der Waals surface area contributed by atoms with Crippen LogP contribution in [0.4, 0.5) is 5.82 Å². The van der Waals surface area contributed by atoms with E-state index in [2.05, 4.69) is 15.5 Å². The molecule has 1 aromatic heterocycles. The second-order valence-electron chi connectivity index (χ2n) is 4.94. The van der Waals surface area contributed by atoms with Crippen LogP contribution in [0.1, 0.15) is 37.8 Å². The molecule has 0 spiro atoms. The summed E-state index contributed by atoms with van der Waals surface area (Å²) in [7, 11) is 0. The van der Waals surface area contributed by atoms with Crippen LogP contribution in [0, 0.1) is 12.8 Å². The van der Waals surface area contributed by atoms with E-state index in [1.807, 2.05) is 19.1 Å². The second kappa shape index (κ2) is 5.96. The van der Waals surface area contributed by atoms with Crippen LogP contribution in [-0.4, -0.2) is 22.8 Å². The maximum absolute atomic E-state index is 5.87. The third kappa shape index (κ3) is 3.40. The minimum atomic E-state index is 0.340. The molecule has 94 valence electrons. The number of anilines is 1. The van der Waals surface area contributed by atoms with Crippen molar-refractivity contribution >= 4 is 5.82 Å². The predicted octanol–water partition coefficient (Wildman–Crippen LogP) is 2.10. The van der Waals surface area contributed by atoms with Crippen LogP contribution in [0.15, 0.2) is 12.1 Å². The summed E-state index contributed by atoms with van der Waals surface area (Å²) in [5.41, 5.74) is 6.81. The molecular weight excluding hydrogens is 212 g/mol. The quantitative estimate of drug-likeness (QED) is 0.837. The van der Waals surface area contributed by atoms with Crippen LogP contribution < -0.4 is 11.1 Å². The second-order valence-corrected chi connectivity index (χ2v) is 4.94. The predicted molar refractivity (Wildman–Crippen MR) is 69.8 cm³/mol. The van der Waals surface area contributed by atoms with Crippen LogP contribution in [0.5, 0.6) is 0 Å². The van der Waals surface area contributed by atoms with E-state index in [9.17, 15) is 0 Å². The lowest BCUT2D eigenvalue weighted by Crippen LogP contribution is -2.37. The van der Waals surface area contributed by atoms with E-state index in [0.717, 1.165) is 11.5 Å². The van der Waals surface area contributed by atoms with Gasteiger partial charge in [0.05, 0.1) is 5.69 Å². The van der Waals surface area contributed by atoms with Gasteiger partial charge in [-0.1, -0.05) is 19.3 Å². The molecule has 0 radical (unpaired) electrons. The van der Waals surface area contributed by atoms with Gasteiger partial charge < -0.3 is 11.1 Å². The smallest absolute Gasteiger partial charge is 0.148 e. The van der Waals surface area contributed by atoms with Gasteiger partial charge >= 0.3 is 0 Å². The van der Waals surface area contributed by atoms with Crippen molar-refractivity contribution in [2.45, 2.75) is 45.1 Å². The number of hydrogen-bond acceptors (Lipinski definition) is 4. The number of nitrogens with zero attached hydrogens (tertiary/aromatic N) is 2. The maximum Gasteiger partial charge on any atom is 0.148 e. The minimum Gasteiger partial charge on any atom is -0.364 e. The zero-order valence-electron chi connectivity index (χ0n) is 10.5. The highest BCUT2D eigenvalue weighted by molar-refractivity contribution is 5.34. The Morgan fingerprint density at radius 2 is 2.06 bits per heavy atom. The molecule has 3 N–H and O–H groups in total. The SMILES string of the molecule is Cc1ccc(NC(CN)C2CCCCC2)nn1. The van der Waals surface area contributed by atoms with E-state index in [0.29, 0.717) is 18.5 Å². The number of aromatic nitrogens is 2. The maximum atomic E-state index is 5.87. The third-order valence-corrected chi connectivity index (χ3v) is 3.60. The van der Waals surface area contributed by atoms with Gasteiger partial charge in [-0.3, -0.25) is 0 Å². The summed E-state index contributed by atoms with van der Waals surface area (Å²) in [6.07, 6.45) is 6.62. The molecule has 0 amide bonds. The molecule has 1 aliphatic rings. The van der Waals surface area contributed by atoms with Gasteiger partial charge in [0, 0.05) is 12.6 Å². The van der Waals surface area contributed by atoms with Crippen molar-refractivity contribution in [3.05, 3.63) is 17.8 Å². The monoisotopic (exact) mass is 234 g/mol. The van der Waals surface area contributed by atoms with Crippen LogP contribution in [0.2, 0.25) is 0 Å². The van der Waals surface area contributed by atoms with Gasteiger partial charge in [-0.25, -0.2) is 0 Å². The van der Waals surface area contributed by atoms with Gasteiger partial charge in [-0.15, -0.1) is 5.10 Å². The molecule has 1 heterocycles. The highest BCUT2D eigenvalue weighted by Gasteiger charge is 2.22. The van der Waals surface area contributed by atoms with Gasteiger partial charge in [0.2, 0.25) is 0 Å². The van der Waals surface area contributed by atoms with E-state index in [1.54, 1.807) is 0 Å². The van der Waals surface area contributed by atoms with Crippen molar-refractivity contribution in [1.82, 2.24) is 10.2 Å². The Kier molecular flexibility index (Phi) is 4.31. The van der Waals surface area contributed by atoms with Gasteiger partial charge in [0.15, 0.2) is 0 Å². The Morgan fingerprint density at radius 1 is 1.29 bits per heavy atom. The Morgan fingerprint density at radius 3 is 2.65 bits per heavy atom. The molecule has 0 aromatic carbocycles. The van der Waals surface area contributed by atoms with Crippen LogP contribution in [0.3, 0.4) is 0 Å². The number of aryl methyl sites for hydroxylation is 1. The van der Waals surface area contributed by atoms with Gasteiger partial charge in [0.1, 0.15) is 5.82 Å².